The number of H-pyrrole nitrogens is 1. The minimum atomic E-state index is -3.82. The van der Waals surface area contributed by atoms with Crippen LogP contribution < -0.4 is 4.72 Å². The lowest BCUT2D eigenvalue weighted by molar-refractivity contribution is -0.128. The van der Waals surface area contributed by atoms with Gasteiger partial charge in [-0.25, -0.2) is 8.42 Å². The molecule has 2 aliphatic carbocycles. The Morgan fingerprint density at radius 1 is 1.37 bits per heavy atom. The number of hydrogen-bond acceptors (Lipinski definition) is 5. The first-order chi connectivity index (χ1) is 12.7. The van der Waals surface area contributed by atoms with Crippen molar-refractivity contribution in [1.82, 2.24) is 15.1 Å². The lowest BCUT2D eigenvalue weighted by Crippen LogP contribution is -2.43. The van der Waals surface area contributed by atoms with Crippen LogP contribution in [0.2, 0.25) is 0 Å². The van der Waals surface area contributed by atoms with Crippen LogP contribution in [0.15, 0.2) is 6.20 Å². The molecule has 8 nitrogen and oxygen atoms in total. The number of carbonyl (C=O) groups excluding carboxylic acids is 2. The molecule has 1 saturated heterocycles. The standard InChI is InChI=1S/C18H26N4O4S/c1-17(2)12-5-6-18(17,14(23)9-12)11-27(25,26)21-13-10-19-20-15(13)16(24)22-7-3-4-8-22/h10,12,21H,3-9,11H2,1-2H3,(H,19,20)/t12?,18-/m1/s1. The van der Waals surface area contributed by atoms with Gasteiger partial charge in [-0.05, 0) is 37.0 Å². The number of nitrogens with one attached hydrogen (secondary N) is 2. The smallest absolute Gasteiger partial charge is 0.276 e. The number of hydrogen-bond donors (Lipinski definition) is 2. The van der Waals surface area contributed by atoms with Crippen molar-refractivity contribution in [2.24, 2.45) is 16.7 Å². The first-order valence-electron chi connectivity index (χ1n) is 9.53. The second-order valence-electron chi connectivity index (χ2n) is 8.67. The Labute approximate surface area is 159 Å². The number of Topliss-reactive ketones (excluding diaryl/α,β-unsaturated/α-hetero) is 1. The van der Waals surface area contributed by atoms with E-state index in [2.05, 4.69) is 14.9 Å². The lowest BCUT2D eigenvalue weighted by atomic mass is 9.70. The van der Waals surface area contributed by atoms with E-state index in [0.29, 0.717) is 25.9 Å². The fourth-order valence-electron chi connectivity index (χ4n) is 5.24. The summed E-state index contributed by atoms with van der Waals surface area (Å²) in [5.74, 6) is -0.218. The third-order valence-corrected chi connectivity index (χ3v) is 8.48. The van der Waals surface area contributed by atoms with Gasteiger partial charge in [0.1, 0.15) is 5.78 Å². The number of ketones is 1. The number of aromatic nitrogens is 2. The predicted molar refractivity (Wildman–Crippen MR) is 99.7 cm³/mol. The van der Waals surface area contributed by atoms with Crippen LogP contribution in [0, 0.1) is 16.7 Å². The molecule has 148 valence electrons. The van der Waals surface area contributed by atoms with Crippen LogP contribution in [0.3, 0.4) is 0 Å². The van der Waals surface area contributed by atoms with Gasteiger partial charge in [-0.2, -0.15) is 5.10 Å². The number of likely N-dealkylation sites (tertiary alicyclic amines) is 1. The van der Waals surface area contributed by atoms with E-state index in [4.69, 9.17) is 0 Å². The van der Waals surface area contributed by atoms with Crippen molar-refractivity contribution < 1.29 is 18.0 Å². The van der Waals surface area contributed by atoms with Crippen molar-refractivity contribution in [2.45, 2.75) is 46.0 Å². The van der Waals surface area contributed by atoms with Gasteiger partial charge in [0.05, 0.1) is 16.9 Å². The van der Waals surface area contributed by atoms with E-state index < -0.39 is 15.4 Å². The Balaban J connectivity index is 1.56. The van der Waals surface area contributed by atoms with Crippen LogP contribution in [0.5, 0.6) is 0 Å². The average molecular weight is 394 g/mol. The summed E-state index contributed by atoms with van der Waals surface area (Å²) >= 11 is 0. The minimum absolute atomic E-state index is 0.0506. The number of aromatic amines is 1. The SMILES string of the molecule is CC1(C)C2CC[C@@]1(CS(=O)(=O)Nc1c[nH]nc1C(=O)N1CCCC1)C(=O)C2. The lowest BCUT2D eigenvalue weighted by Gasteiger charge is -2.36. The van der Waals surface area contributed by atoms with Crippen LogP contribution in [0.25, 0.3) is 0 Å². The summed E-state index contributed by atoms with van der Waals surface area (Å²) in [6.45, 7) is 5.33. The molecule has 4 rings (SSSR count). The molecule has 2 atom stereocenters. The fourth-order valence-corrected chi connectivity index (χ4v) is 7.13. The zero-order chi connectivity index (χ0) is 19.4. The maximum absolute atomic E-state index is 12.9. The summed E-state index contributed by atoms with van der Waals surface area (Å²) in [6.07, 6.45) is 5.23. The van der Waals surface area contributed by atoms with Gasteiger partial charge in [-0.1, -0.05) is 13.8 Å². The van der Waals surface area contributed by atoms with Gasteiger partial charge < -0.3 is 4.90 Å². The van der Waals surface area contributed by atoms with Gasteiger partial charge >= 0.3 is 0 Å². The van der Waals surface area contributed by atoms with Crippen LogP contribution in [-0.4, -0.2) is 54.0 Å². The maximum atomic E-state index is 12.9. The minimum Gasteiger partial charge on any atom is -0.337 e. The molecular weight excluding hydrogens is 368 g/mol. The molecule has 2 saturated carbocycles. The molecule has 1 aromatic rings. The van der Waals surface area contributed by atoms with E-state index in [1.54, 1.807) is 4.90 Å². The molecular formula is C18H26N4O4S. The molecule has 0 spiro atoms. The third kappa shape index (κ3) is 2.78. The van der Waals surface area contributed by atoms with E-state index in [1.165, 1.54) is 6.20 Å². The number of amides is 1. The highest BCUT2D eigenvalue weighted by atomic mass is 32.2. The number of carbonyl (C=O) groups is 2. The largest absolute Gasteiger partial charge is 0.337 e. The van der Waals surface area contributed by atoms with Crippen molar-refractivity contribution in [1.29, 1.82) is 0 Å². The normalized spacial score (nSPS) is 29.5. The second kappa shape index (κ2) is 6.05. The molecule has 3 fully saturated rings. The Morgan fingerprint density at radius 2 is 2.07 bits per heavy atom. The molecule has 0 aromatic carbocycles. The Bertz CT molecular complexity index is 885. The first kappa shape index (κ1) is 18.5. The number of fused-ring (bicyclic) bond motifs is 2. The summed E-state index contributed by atoms with van der Waals surface area (Å²) in [4.78, 5) is 26.9. The summed E-state index contributed by atoms with van der Waals surface area (Å²) in [6, 6.07) is 0. The Hall–Kier alpha value is -1.90. The van der Waals surface area contributed by atoms with Gasteiger partial charge in [-0.15, -0.1) is 0 Å². The molecule has 2 N–H and O–H groups in total. The maximum Gasteiger partial charge on any atom is 0.276 e. The molecule has 1 aromatic heterocycles. The zero-order valence-corrected chi connectivity index (χ0v) is 16.6. The van der Waals surface area contributed by atoms with Gasteiger partial charge in [0.25, 0.3) is 5.91 Å². The van der Waals surface area contributed by atoms with Gasteiger partial charge in [0.2, 0.25) is 10.0 Å². The van der Waals surface area contributed by atoms with E-state index in [0.717, 1.165) is 19.3 Å². The van der Waals surface area contributed by atoms with Crippen LogP contribution in [0.4, 0.5) is 5.69 Å². The monoisotopic (exact) mass is 394 g/mol. The second-order valence-corrected chi connectivity index (χ2v) is 10.4. The van der Waals surface area contributed by atoms with Crippen molar-refractivity contribution in [3.63, 3.8) is 0 Å². The topological polar surface area (TPSA) is 112 Å². The van der Waals surface area contributed by atoms with Crippen LogP contribution in [-0.2, 0) is 14.8 Å². The number of sulfonamides is 1. The van der Waals surface area contributed by atoms with Crippen LogP contribution >= 0.6 is 0 Å². The molecule has 1 amide bonds. The molecule has 27 heavy (non-hydrogen) atoms. The van der Waals surface area contributed by atoms with E-state index in [1.807, 2.05) is 13.8 Å². The number of rotatable bonds is 5. The van der Waals surface area contributed by atoms with Gasteiger partial charge in [-0.3, -0.25) is 19.4 Å². The van der Waals surface area contributed by atoms with Crippen molar-refractivity contribution in [2.75, 3.05) is 23.6 Å². The van der Waals surface area contributed by atoms with Crippen molar-refractivity contribution in [3.8, 4) is 0 Å². The summed E-state index contributed by atoms with van der Waals surface area (Å²) in [5.41, 5.74) is -0.934. The molecule has 2 heterocycles. The zero-order valence-electron chi connectivity index (χ0n) is 15.7. The molecule has 2 bridgehead atoms. The quantitative estimate of drug-likeness (QED) is 0.791. The molecule has 9 heteroatoms. The summed E-state index contributed by atoms with van der Waals surface area (Å²) in [7, 11) is -3.82. The molecule has 1 aliphatic heterocycles. The van der Waals surface area contributed by atoms with Gasteiger partial charge in [0, 0.05) is 25.7 Å². The Kier molecular flexibility index (Phi) is 4.14. The number of nitrogens with zero attached hydrogens (tertiary/aromatic N) is 2. The Morgan fingerprint density at radius 3 is 2.67 bits per heavy atom. The van der Waals surface area contributed by atoms with E-state index >= 15 is 0 Å². The molecule has 0 radical (unpaired) electrons. The van der Waals surface area contributed by atoms with E-state index in [-0.39, 0.29) is 40.2 Å². The van der Waals surface area contributed by atoms with Gasteiger partial charge in [0.15, 0.2) is 5.69 Å². The van der Waals surface area contributed by atoms with Crippen LogP contribution in [0.1, 0.15) is 56.4 Å². The third-order valence-electron chi connectivity index (χ3n) is 7.08. The summed E-state index contributed by atoms with van der Waals surface area (Å²) in [5, 5.41) is 6.54. The fraction of sp³-hybridized carbons (Fsp3) is 0.722. The molecule has 1 unspecified atom stereocenters. The molecule has 3 aliphatic rings. The first-order valence-corrected chi connectivity index (χ1v) is 11.2. The average Bonchev–Trinajstić information content (AvgIpc) is 3.33. The van der Waals surface area contributed by atoms with Crippen molar-refractivity contribution in [3.05, 3.63) is 11.9 Å². The van der Waals surface area contributed by atoms with E-state index in [9.17, 15) is 18.0 Å². The predicted octanol–water partition coefficient (Wildman–Crippen LogP) is 1.78. The summed E-state index contributed by atoms with van der Waals surface area (Å²) < 4.78 is 28.4. The highest BCUT2D eigenvalue weighted by Gasteiger charge is 2.65. The number of anilines is 1. The van der Waals surface area contributed by atoms with Crippen molar-refractivity contribution >= 4 is 27.4 Å². The highest BCUT2D eigenvalue weighted by Crippen LogP contribution is 2.64. The highest BCUT2D eigenvalue weighted by molar-refractivity contribution is 7.92.